The summed E-state index contributed by atoms with van der Waals surface area (Å²) in [7, 11) is 2.12. The van der Waals surface area contributed by atoms with Gasteiger partial charge in [0.1, 0.15) is 5.78 Å². The third-order valence-corrected chi connectivity index (χ3v) is 4.70. The van der Waals surface area contributed by atoms with Crippen molar-refractivity contribution in [3.63, 3.8) is 0 Å². The first-order valence-electron chi connectivity index (χ1n) is 5.00. The molecule has 2 heterocycles. The third-order valence-electron chi connectivity index (χ3n) is 3.46. The van der Waals surface area contributed by atoms with Gasteiger partial charge in [0.2, 0.25) is 0 Å². The van der Waals surface area contributed by atoms with E-state index in [-0.39, 0.29) is 6.04 Å². The minimum absolute atomic E-state index is 0.208. The average Bonchev–Trinajstić information content (AvgIpc) is 2.52. The topological polar surface area (TPSA) is 20.3 Å². The second-order valence-electron chi connectivity index (χ2n) is 4.23. The average molecular weight is 199 g/mol. The van der Waals surface area contributed by atoms with E-state index in [1.165, 1.54) is 17.9 Å². The third kappa shape index (κ3) is 1.64. The van der Waals surface area contributed by atoms with Gasteiger partial charge in [-0.2, -0.15) is 11.8 Å². The number of fused-ring (bicyclic) bond motifs is 1. The lowest BCUT2D eigenvalue weighted by atomic mass is 9.87. The summed E-state index contributed by atoms with van der Waals surface area (Å²) in [5.41, 5.74) is 0. The number of hydrogen-bond donors (Lipinski definition) is 0. The second kappa shape index (κ2) is 3.62. The van der Waals surface area contributed by atoms with Crippen LogP contribution < -0.4 is 0 Å². The van der Waals surface area contributed by atoms with Gasteiger partial charge in [0, 0.05) is 11.8 Å². The molecule has 0 aromatic carbocycles. The van der Waals surface area contributed by atoms with Crippen LogP contribution in [0.3, 0.4) is 0 Å². The molecule has 2 aliphatic rings. The molecule has 0 aromatic heterocycles. The summed E-state index contributed by atoms with van der Waals surface area (Å²) >= 11 is 2.04. The number of carbonyl (C=O) groups is 1. The lowest BCUT2D eigenvalue weighted by Crippen LogP contribution is -2.51. The molecular weight excluding hydrogens is 182 g/mol. The summed E-state index contributed by atoms with van der Waals surface area (Å²) in [4.78, 5) is 13.7. The van der Waals surface area contributed by atoms with Crippen LogP contribution >= 0.6 is 11.8 Å². The highest BCUT2D eigenvalue weighted by molar-refractivity contribution is 7.99. The van der Waals surface area contributed by atoms with Crippen molar-refractivity contribution in [2.75, 3.05) is 18.6 Å². The minimum atomic E-state index is 0.208. The van der Waals surface area contributed by atoms with Crippen molar-refractivity contribution in [1.29, 1.82) is 0 Å². The van der Waals surface area contributed by atoms with Crippen LogP contribution in [0.5, 0.6) is 0 Å². The van der Waals surface area contributed by atoms with E-state index >= 15 is 0 Å². The molecule has 0 N–H and O–H groups in total. The van der Waals surface area contributed by atoms with Gasteiger partial charge in [0.05, 0.1) is 6.04 Å². The fourth-order valence-electron chi connectivity index (χ4n) is 2.61. The molecule has 3 atom stereocenters. The maximum atomic E-state index is 11.3. The molecule has 0 spiro atoms. The van der Waals surface area contributed by atoms with Crippen molar-refractivity contribution in [1.82, 2.24) is 4.90 Å². The van der Waals surface area contributed by atoms with E-state index in [0.717, 1.165) is 12.3 Å². The van der Waals surface area contributed by atoms with Crippen LogP contribution in [0.2, 0.25) is 0 Å². The first-order valence-corrected chi connectivity index (χ1v) is 6.15. The zero-order chi connectivity index (χ0) is 9.42. The van der Waals surface area contributed by atoms with E-state index < -0.39 is 0 Å². The van der Waals surface area contributed by atoms with Gasteiger partial charge in [0.15, 0.2) is 0 Å². The van der Waals surface area contributed by atoms with E-state index in [2.05, 4.69) is 11.9 Å². The van der Waals surface area contributed by atoms with Crippen LogP contribution in [-0.4, -0.2) is 41.3 Å². The van der Waals surface area contributed by atoms with Crippen LogP contribution in [-0.2, 0) is 4.79 Å². The Balaban J connectivity index is 2.08. The second-order valence-corrected chi connectivity index (χ2v) is 5.31. The Kier molecular flexibility index (Phi) is 2.65. The molecule has 2 fully saturated rings. The van der Waals surface area contributed by atoms with Crippen LogP contribution in [0.1, 0.15) is 19.8 Å². The Morgan fingerprint density at radius 3 is 2.85 bits per heavy atom. The predicted molar refractivity (Wildman–Crippen MR) is 56.1 cm³/mol. The fourth-order valence-corrected chi connectivity index (χ4v) is 4.19. The normalized spacial score (nSPS) is 40.3. The molecule has 0 bridgehead atoms. The highest BCUT2D eigenvalue weighted by atomic mass is 32.2. The molecule has 13 heavy (non-hydrogen) atoms. The Morgan fingerprint density at radius 1 is 1.38 bits per heavy atom. The fraction of sp³-hybridized carbons (Fsp3) is 0.900. The van der Waals surface area contributed by atoms with Gasteiger partial charge >= 0.3 is 0 Å². The first kappa shape index (κ1) is 9.53. The van der Waals surface area contributed by atoms with Crippen molar-refractivity contribution in [2.24, 2.45) is 5.92 Å². The molecule has 0 aromatic rings. The Bertz CT molecular complexity index is 219. The summed E-state index contributed by atoms with van der Waals surface area (Å²) < 4.78 is 0. The van der Waals surface area contributed by atoms with E-state index in [1.54, 1.807) is 6.92 Å². The summed E-state index contributed by atoms with van der Waals surface area (Å²) in [6.45, 7) is 1.73. The summed E-state index contributed by atoms with van der Waals surface area (Å²) in [5.74, 6) is 3.73. The number of Topliss-reactive ketones (excluding diaryl/α,β-unsaturated/α-hetero) is 1. The van der Waals surface area contributed by atoms with Gasteiger partial charge in [-0.1, -0.05) is 0 Å². The Hall–Kier alpha value is -0.0200. The molecule has 0 saturated carbocycles. The lowest BCUT2D eigenvalue weighted by molar-refractivity contribution is -0.124. The summed E-state index contributed by atoms with van der Waals surface area (Å²) in [5, 5.41) is 0. The molecule has 0 amide bonds. The molecular formula is C10H17NOS. The van der Waals surface area contributed by atoms with Crippen molar-refractivity contribution < 1.29 is 4.79 Å². The molecule has 0 radical (unpaired) electrons. The number of hydrogen-bond acceptors (Lipinski definition) is 3. The minimum Gasteiger partial charge on any atom is -0.298 e. The molecule has 0 aliphatic carbocycles. The van der Waals surface area contributed by atoms with Gasteiger partial charge in [-0.05, 0) is 38.5 Å². The van der Waals surface area contributed by atoms with Crippen molar-refractivity contribution in [2.45, 2.75) is 31.8 Å². The van der Waals surface area contributed by atoms with E-state index in [4.69, 9.17) is 0 Å². The maximum Gasteiger partial charge on any atom is 0.146 e. The molecule has 2 rings (SSSR count). The van der Waals surface area contributed by atoms with Crippen LogP contribution in [0, 0.1) is 5.92 Å². The first-order chi connectivity index (χ1) is 6.20. The van der Waals surface area contributed by atoms with Gasteiger partial charge in [-0.25, -0.2) is 0 Å². The molecule has 2 nitrogen and oxygen atoms in total. The number of likely N-dealkylation sites (tertiary alicyclic amines) is 1. The highest BCUT2D eigenvalue weighted by Crippen LogP contribution is 2.36. The standard InChI is InChI=1S/C10H17NOS/c1-7(12)9-4-3-8-5-13-6-10(8)11(9)2/h8-10H,3-6H2,1-2H3. The van der Waals surface area contributed by atoms with E-state index in [9.17, 15) is 4.79 Å². The SMILES string of the molecule is CC(=O)C1CCC2CSCC2N1C. The van der Waals surface area contributed by atoms with Crippen LogP contribution in [0.15, 0.2) is 0 Å². The smallest absolute Gasteiger partial charge is 0.146 e. The maximum absolute atomic E-state index is 11.3. The van der Waals surface area contributed by atoms with Crippen molar-refractivity contribution in [3.8, 4) is 0 Å². The highest BCUT2D eigenvalue weighted by Gasteiger charge is 2.39. The number of thioether (sulfide) groups is 1. The quantitative estimate of drug-likeness (QED) is 0.637. The number of ketones is 1. The number of likely N-dealkylation sites (N-methyl/N-ethyl adjacent to an activating group) is 1. The van der Waals surface area contributed by atoms with Gasteiger partial charge in [0.25, 0.3) is 0 Å². The largest absolute Gasteiger partial charge is 0.298 e. The zero-order valence-electron chi connectivity index (χ0n) is 8.32. The van der Waals surface area contributed by atoms with Crippen LogP contribution in [0.25, 0.3) is 0 Å². The molecule has 74 valence electrons. The Morgan fingerprint density at radius 2 is 2.15 bits per heavy atom. The lowest BCUT2D eigenvalue weighted by Gasteiger charge is -2.39. The number of carbonyl (C=O) groups excluding carboxylic acids is 1. The summed E-state index contributed by atoms with van der Waals surface area (Å²) in [6, 6.07) is 0.882. The predicted octanol–water partition coefficient (Wildman–Crippen LogP) is 1.40. The van der Waals surface area contributed by atoms with Gasteiger partial charge in [-0.3, -0.25) is 9.69 Å². The number of nitrogens with zero attached hydrogens (tertiary/aromatic N) is 1. The molecule has 2 saturated heterocycles. The van der Waals surface area contributed by atoms with E-state index in [0.29, 0.717) is 11.8 Å². The van der Waals surface area contributed by atoms with Crippen molar-refractivity contribution >= 4 is 17.5 Å². The molecule has 3 heteroatoms. The van der Waals surface area contributed by atoms with Gasteiger partial charge < -0.3 is 0 Å². The van der Waals surface area contributed by atoms with Crippen molar-refractivity contribution in [3.05, 3.63) is 0 Å². The Labute approximate surface area is 84.1 Å². The number of piperidine rings is 1. The van der Waals surface area contributed by atoms with Gasteiger partial charge in [-0.15, -0.1) is 0 Å². The van der Waals surface area contributed by atoms with Crippen LogP contribution in [0.4, 0.5) is 0 Å². The zero-order valence-corrected chi connectivity index (χ0v) is 9.14. The number of rotatable bonds is 1. The molecule has 2 aliphatic heterocycles. The molecule has 3 unspecified atom stereocenters. The monoisotopic (exact) mass is 199 g/mol. The summed E-state index contributed by atoms with van der Waals surface area (Å²) in [6.07, 6.45) is 2.33. The van der Waals surface area contributed by atoms with E-state index in [1.807, 2.05) is 11.8 Å².